The molecule has 0 aliphatic carbocycles. The first-order valence-electron chi connectivity index (χ1n) is 8.23. The van der Waals surface area contributed by atoms with Crippen molar-refractivity contribution in [3.63, 3.8) is 0 Å². The molecular formula is C19H19N3O4S. The number of methoxy groups -OCH3 is 2. The molecule has 2 heterocycles. The minimum Gasteiger partial charge on any atom is -0.493 e. The maximum Gasteiger partial charge on any atom is 0.262 e. The van der Waals surface area contributed by atoms with Crippen LogP contribution in [-0.2, 0) is 0 Å². The van der Waals surface area contributed by atoms with Crippen molar-refractivity contribution in [2.75, 3.05) is 26.1 Å². The van der Waals surface area contributed by atoms with Crippen molar-refractivity contribution < 1.29 is 19.0 Å². The highest BCUT2D eigenvalue weighted by atomic mass is 32.1. The van der Waals surface area contributed by atoms with Gasteiger partial charge in [0.1, 0.15) is 5.56 Å². The molecule has 3 rings (SSSR count). The lowest BCUT2D eigenvalue weighted by Crippen LogP contribution is -2.14. The summed E-state index contributed by atoms with van der Waals surface area (Å²) in [6.07, 6.45) is 1.58. The van der Waals surface area contributed by atoms with E-state index in [0.717, 1.165) is 11.3 Å². The molecule has 140 valence electrons. The number of amides is 1. The number of thiazole rings is 1. The number of nitrogens with zero attached hydrogens (tertiary/aromatic N) is 2. The molecule has 2 aromatic heterocycles. The second-order valence-corrected chi connectivity index (χ2v) is 6.21. The molecule has 8 heteroatoms. The number of nitrogens with one attached hydrogen (secondary N) is 1. The third-order valence-electron chi connectivity index (χ3n) is 3.70. The Hall–Kier alpha value is -3.13. The molecule has 1 N–H and O–H groups in total. The molecule has 0 aliphatic rings. The van der Waals surface area contributed by atoms with E-state index >= 15 is 0 Å². The van der Waals surface area contributed by atoms with Crippen molar-refractivity contribution in [1.29, 1.82) is 0 Å². The van der Waals surface area contributed by atoms with Crippen LogP contribution in [-0.4, -0.2) is 36.7 Å². The number of carbonyl (C=O) groups excluding carboxylic acids is 1. The number of hydrogen-bond acceptors (Lipinski definition) is 7. The van der Waals surface area contributed by atoms with Gasteiger partial charge in [-0.3, -0.25) is 10.1 Å². The number of carbonyl (C=O) groups is 1. The van der Waals surface area contributed by atoms with Gasteiger partial charge in [-0.15, -0.1) is 11.3 Å². The van der Waals surface area contributed by atoms with Gasteiger partial charge < -0.3 is 14.2 Å². The van der Waals surface area contributed by atoms with E-state index in [-0.39, 0.29) is 5.91 Å². The summed E-state index contributed by atoms with van der Waals surface area (Å²) in [6.45, 7) is 2.27. The summed E-state index contributed by atoms with van der Waals surface area (Å²) in [5.74, 6) is 1.24. The first-order chi connectivity index (χ1) is 13.2. The molecule has 1 aromatic carbocycles. The van der Waals surface area contributed by atoms with Crippen LogP contribution >= 0.6 is 11.3 Å². The maximum atomic E-state index is 12.5. The van der Waals surface area contributed by atoms with Crippen LogP contribution in [0.4, 0.5) is 5.13 Å². The summed E-state index contributed by atoms with van der Waals surface area (Å²) in [5.41, 5.74) is 1.95. The van der Waals surface area contributed by atoms with Gasteiger partial charge in [-0.2, -0.15) is 0 Å². The van der Waals surface area contributed by atoms with Crippen LogP contribution in [0, 0.1) is 0 Å². The normalized spacial score (nSPS) is 10.3. The Morgan fingerprint density at radius 2 is 2.00 bits per heavy atom. The Balaban J connectivity index is 1.80. The van der Waals surface area contributed by atoms with Gasteiger partial charge in [0.05, 0.1) is 26.5 Å². The van der Waals surface area contributed by atoms with E-state index in [1.807, 2.05) is 30.5 Å². The second-order valence-electron chi connectivity index (χ2n) is 5.35. The molecule has 1 amide bonds. The molecular weight excluding hydrogens is 366 g/mol. The van der Waals surface area contributed by atoms with Crippen molar-refractivity contribution in [1.82, 2.24) is 9.97 Å². The van der Waals surface area contributed by atoms with Crippen LogP contribution in [0.5, 0.6) is 17.4 Å². The number of hydrogen-bond donors (Lipinski definition) is 1. The molecule has 3 aromatic rings. The first kappa shape index (κ1) is 18.7. The van der Waals surface area contributed by atoms with Crippen LogP contribution < -0.4 is 19.5 Å². The number of rotatable bonds is 7. The predicted octanol–water partition coefficient (Wildman–Crippen LogP) is 3.87. The van der Waals surface area contributed by atoms with Gasteiger partial charge in [0.2, 0.25) is 5.88 Å². The van der Waals surface area contributed by atoms with E-state index in [0.29, 0.717) is 34.7 Å². The highest BCUT2D eigenvalue weighted by Crippen LogP contribution is 2.33. The summed E-state index contributed by atoms with van der Waals surface area (Å²) in [7, 11) is 3.17. The zero-order chi connectivity index (χ0) is 19.2. The Labute approximate surface area is 161 Å². The number of anilines is 1. The lowest BCUT2D eigenvalue weighted by atomic mass is 10.1. The summed E-state index contributed by atoms with van der Waals surface area (Å²) < 4.78 is 16.0. The SMILES string of the molecule is CCOc1ncccc1C(=O)Nc1nc(-c2ccc(OC)c(OC)c2)cs1. The van der Waals surface area contributed by atoms with Crippen LogP contribution in [0.1, 0.15) is 17.3 Å². The number of benzene rings is 1. The zero-order valence-electron chi connectivity index (χ0n) is 15.2. The molecule has 0 saturated heterocycles. The average Bonchev–Trinajstić information content (AvgIpc) is 3.16. The standard InChI is InChI=1S/C19H19N3O4S/c1-4-26-18-13(6-5-9-20-18)17(23)22-19-21-14(11-27-19)12-7-8-15(24-2)16(10-12)25-3/h5-11H,4H2,1-3H3,(H,21,22,23). The van der Waals surface area contributed by atoms with Gasteiger partial charge in [-0.25, -0.2) is 9.97 Å². The predicted molar refractivity (Wildman–Crippen MR) is 104 cm³/mol. The van der Waals surface area contributed by atoms with Gasteiger partial charge in [-0.05, 0) is 37.3 Å². The van der Waals surface area contributed by atoms with Crippen molar-refractivity contribution in [2.24, 2.45) is 0 Å². The summed E-state index contributed by atoms with van der Waals surface area (Å²) in [5, 5.41) is 5.14. The van der Waals surface area contributed by atoms with Crippen molar-refractivity contribution in [3.05, 3.63) is 47.5 Å². The van der Waals surface area contributed by atoms with Crippen molar-refractivity contribution in [2.45, 2.75) is 6.92 Å². The molecule has 0 fully saturated rings. The third-order valence-corrected chi connectivity index (χ3v) is 4.46. The Bertz CT molecular complexity index is 942. The topological polar surface area (TPSA) is 82.6 Å². The summed E-state index contributed by atoms with van der Waals surface area (Å²) in [6, 6.07) is 8.89. The number of ether oxygens (including phenoxy) is 3. The Morgan fingerprint density at radius 3 is 2.74 bits per heavy atom. The molecule has 0 bridgehead atoms. The largest absolute Gasteiger partial charge is 0.493 e. The van der Waals surface area contributed by atoms with Gasteiger partial charge >= 0.3 is 0 Å². The fourth-order valence-corrected chi connectivity index (χ4v) is 3.15. The minimum absolute atomic E-state index is 0.300. The Morgan fingerprint density at radius 1 is 1.19 bits per heavy atom. The van der Waals surface area contributed by atoms with E-state index in [4.69, 9.17) is 14.2 Å². The summed E-state index contributed by atoms with van der Waals surface area (Å²) >= 11 is 1.33. The molecule has 0 atom stereocenters. The number of aromatic nitrogens is 2. The molecule has 0 radical (unpaired) electrons. The van der Waals surface area contributed by atoms with E-state index < -0.39 is 0 Å². The molecule has 0 spiro atoms. The lowest BCUT2D eigenvalue weighted by molar-refractivity contribution is 0.102. The van der Waals surface area contributed by atoms with Gasteiger partial charge in [0.25, 0.3) is 5.91 Å². The summed E-state index contributed by atoms with van der Waals surface area (Å²) in [4.78, 5) is 21.1. The second kappa shape index (κ2) is 8.50. The van der Waals surface area contributed by atoms with E-state index in [9.17, 15) is 4.79 Å². The Kier molecular flexibility index (Phi) is 5.87. The van der Waals surface area contributed by atoms with Crippen molar-refractivity contribution >= 4 is 22.4 Å². The maximum absolute atomic E-state index is 12.5. The third kappa shape index (κ3) is 4.17. The van der Waals surface area contributed by atoms with Gasteiger partial charge in [-0.1, -0.05) is 0 Å². The molecule has 7 nitrogen and oxygen atoms in total. The van der Waals surface area contributed by atoms with Gasteiger partial charge in [0.15, 0.2) is 16.6 Å². The highest BCUT2D eigenvalue weighted by molar-refractivity contribution is 7.14. The fraction of sp³-hybridized carbons (Fsp3) is 0.211. The van der Waals surface area contributed by atoms with E-state index in [1.165, 1.54) is 11.3 Å². The monoisotopic (exact) mass is 385 g/mol. The average molecular weight is 385 g/mol. The van der Waals surface area contributed by atoms with Crippen LogP contribution in [0.2, 0.25) is 0 Å². The smallest absolute Gasteiger partial charge is 0.262 e. The van der Waals surface area contributed by atoms with E-state index in [1.54, 1.807) is 32.5 Å². The lowest BCUT2D eigenvalue weighted by Gasteiger charge is -2.08. The van der Waals surface area contributed by atoms with Crippen molar-refractivity contribution in [3.8, 4) is 28.6 Å². The van der Waals surface area contributed by atoms with Gasteiger partial charge in [0, 0.05) is 17.1 Å². The minimum atomic E-state index is -0.320. The van der Waals surface area contributed by atoms with Crippen LogP contribution in [0.3, 0.4) is 0 Å². The van der Waals surface area contributed by atoms with Crippen LogP contribution in [0.15, 0.2) is 41.9 Å². The highest BCUT2D eigenvalue weighted by Gasteiger charge is 2.16. The zero-order valence-corrected chi connectivity index (χ0v) is 16.0. The quantitative estimate of drug-likeness (QED) is 0.665. The fourth-order valence-electron chi connectivity index (χ4n) is 2.44. The molecule has 27 heavy (non-hydrogen) atoms. The van der Waals surface area contributed by atoms with E-state index in [2.05, 4.69) is 15.3 Å². The van der Waals surface area contributed by atoms with Crippen LogP contribution in [0.25, 0.3) is 11.3 Å². The molecule has 0 aliphatic heterocycles. The molecule has 0 saturated carbocycles. The first-order valence-corrected chi connectivity index (χ1v) is 9.11. The number of pyridine rings is 1. The molecule has 0 unspecified atom stereocenters.